The van der Waals surface area contributed by atoms with Crippen molar-refractivity contribution in [1.29, 1.82) is 0 Å². The van der Waals surface area contributed by atoms with Gasteiger partial charge in [0.05, 0.1) is 11.4 Å². The van der Waals surface area contributed by atoms with Crippen molar-refractivity contribution in [2.24, 2.45) is 0 Å². The fourth-order valence-electron chi connectivity index (χ4n) is 3.20. The van der Waals surface area contributed by atoms with Crippen LogP contribution in [0.2, 0.25) is 0 Å². The molecule has 0 saturated carbocycles. The smallest absolute Gasteiger partial charge is 0.253 e. The summed E-state index contributed by atoms with van der Waals surface area (Å²) in [5, 5.41) is 0. The van der Waals surface area contributed by atoms with E-state index in [1.165, 1.54) is 15.3 Å². The van der Waals surface area contributed by atoms with Gasteiger partial charge in [0.15, 0.2) is 0 Å². The van der Waals surface area contributed by atoms with Crippen LogP contribution < -0.4 is 4.74 Å². The summed E-state index contributed by atoms with van der Waals surface area (Å²) < 4.78 is 33.9. The molecular weight excluding hydrogens is 456 g/mol. The fraction of sp³-hybridized carbons (Fsp3) is 0.381. The Bertz CT molecular complexity index is 941. The highest BCUT2D eigenvalue weighted by molar-refractivity contribution is 9.10. The van der Waals surface area contributed by atoms with Crippen LogP contribution in [0.25, 0.3) is 0 Å². The van der Waals surface area contributed by atoms with Gasteiger partial charge in [0.2, 0.25) is 10.0 Å². The number of halogens is 1. The molecular formula is C21H25BrN2O4S. The first-order chi connectivity index (χ1) is 13.9. The molecule has 1 saturated heterocycles. The number of sulfonamides is 1. The molecule has 0 atom stereocenters. The van der Waals surface area contributed by atoms with Crippen LogP contribution in [0, 0.1) is 0 Å². The lowest BCUT2D eigenvalue weighted by molar-refractivity contribution is 0.0773. The third-order valence-electron chi connectivity index (χ3n) is 4.89. The molecule has 2 aromatic carbocycles. The molecule has 8 heteroatoms. The summed E-state index contributed by atoms with van der Waals surface area (Å²) in [6, 6.07) is 13.8. The number of carbonyl (C=O) groups is 1. The maximum Gasteiger partial charge on any atom is 0.253 e. The number of benzene rings is 2. The van der Waals surface area contributed by atoms with Crippen LogP contribution in [0.1, 0.15) is 29.6 Å². The lowest BCUT2D eigenvalue weighted by atomic mass is 10.2. The van der Waals surface area contributed by atoms with E-state index in [1.807, 2.05) is 24.3 Å². The predicted molar refractivity (Wildman–Crippen MR) is 116 cm³/mol. The Morgan fingerprint density at radius 2 is 1.79 bits per heavy atom. The SMILES string of the molecule is CN(CCOc1ccc(Br)cc1)C(=O)c1cccc(S(=O)(=O)N2CCCCC2)c1. The van der Waals surface area contributed by atoms with Gasteiger partial charge in [-0.3, -0.25) is 4.79 Å². The maximum atomic E-state index is 12.9. The number of hydrogen-bond acceptors (Lipinski definition) is 4. The van der Waals surface area contributed by atoms with Crippen molar-refractivity contribution < 1.29 is 17.9 Å². The standard InChI is InChI=1S/C21H25BrN2O4S/c1-23(14-15-28-19-10-8-18(22)9-11-19)21(25)17-6-5-7-20(16-17)29(26,27)24-12-3-2-4-13-24/h5-11,16H,2-4,12-15H2,1H3. The second kappa shape index (κ2) is 9.73. The van der Waals surface area contributed by atoms with Crippen LogP contribution in [0.4, 0.5) is 0 Å². The van der Waals surface area contributed by atoms with Crippen molar-refractivity contribution >= 4 is 31.9 Å². The van der Waals surface area contributed by atoms with Crippen molar-refractivity contribution in [3.63, 3.8) is 0 Å². The minimum atomic E-state index is -3.57. The molecule has 2 aromatic rings. The van der Waals surface area contributed by atoms with E-state index in [0.29, 0.717) is 31.8 Å². The summed E-state index contributed by atoms with van der Waals surface area (Å²) in [6.45, 7) is 1.80. The Kier molecular flexibility index (Phi) is 7.32. The third-order valence-corrected chi connectivity index (χ3v) is 7.31. The quantitative estimate of drug-likeness (QED) is 0.604. The number of nitrogens with zero attached hydrogens (tertiary/aromatic N) is 2. The largest absolute Gasteiger partial charge is 0.492 e. The highest BCUT2D eigenvalue weighted by Gasteiger charge is 2.26. The predicted octanol–water partition coefficient (Wildman–Crippen LogP) is 3.77. The monoisotopic (exact) mass is 480 g/mol. The normalized spacial score (nSPS) is 15.1. The molecule has 3 rings (SSSR count). The highest BCUT2D eigenvalue weighted by atomic mass is 79.9. The first-order valence-corrected chi connectivity index (χ1v) is 11.9. The first-order valence-electron chi connectivity index (χ1n) is 9.62. The zero-order valence-electron chi connectivity index (χ0n) is 16.4. The Morgan fingerprint density at radius 3 is 2.48 bits per heavy atom. The molecule has 1 aliphatic rings. The van der Waals surface area contributed by atoms with E-state index in [0.717, 1.165) is 29.5 Å². The van der Waals surface area contributed by atoms with E-state index >= 15 is 0 Å². The molecule has 0 spiro atoms. The third kappa shape index (κ3) is 5.58. The topological polar surface area (TPSA) is 66.9 Å². The molecule has 1 fully saturated rings. The van der Waals surface area contributed by atoms with E-state index < -0.39 is 10.0 Å². The number of ether oxygens (including phenoxy) is 1. The molecule has 0 aliphatic carbocycles. The number of likely N-dealkylation sites (N-methyl/N-ethyl adjacent to an activating group) is 1. The molecule has 0 unspecified atom stereocenters. The van der Waals surface area contributed by atoms with Gasteiger partial charge < -0.3 is 9.64 Å². The summed E-state index contributed by atoms with van der Waals surface area (Å²) in [6.07, 6.45) is 2.80. The van der Waals surface area contributed by atoms with Crippen LogP contribution >= 0.6 is 15.9 Å². The van der Waals surface area contributed by atoms with Crippen molar-refractivity contribution in [2.45, 2.75) is 24.2 Å². The van der Waals surface area contributed by atoms with Crippen molar-refractivity contribution in [3.05, 3.63) is 58.6 Å². The second-order valence-electron chi connectivity index (χ2n) is 7.02. The Morgan fingerprint density at radius 1 is 1.10 bits per heavy atom. The molecule has 0 aromatic heterocycles. The summed E-state index contributed by atoms with van der Waals surface area (Å²) in [4.78, 5) is 14.4. The van der Waals surface area contributed by atoms with Gasteiger partial charge in [-0.25, -0.2) is 8.42 Å². The minimum absolute atomic E-state index is 0.171. The van der Waals surface area contributed by atoms with Crippen molar-refractivity contribution in [1.82, 2.24) is 9.21 Å². The van der Waals surface area contributed by atoms with Crippen LogP contribution in [0.3, 0.4) is 0 Å². The van der Waals surface area contributed by atoms with E-state index in [4.69, 9.17) is 4.74 Å². The Hall–Kier alpha value is -1.90. The molecule has 6 nitrogen and oxygen atoms in total. The van der Waals surface area contributed by atoms with E-state index in [2.05, 4.69) is 15.9 Å². The summed E-state index contributed by atoms with van der Waals surface area (Å²) in [5.41, 5.74) is 0.356. The van der Waals surface area contributed by atoms with E-state index in [1.54, 1.807) is 25.2 Å². The average molecular weight is 481 g/mol. The van der Waals surface area contributed by atoms with Gasteiger partial charge in [-0.15, -0.1) is 0 Å². The minimum Gasteiger partial charge on any atom is -0.492 e. The van der Waals surface area contributed by atoms with E-state index in [9.17, 15) is 13.2 Å². The lowest BCUT2D eigenvalue weighted by Gasteiger charge is -2.26. The van der Waals surface area contributed by atoms with Crippen LogP contribution in [-0.2, 0) is 10.0 Å². The molecule has 0 N–H and O–H groups in total. The van der Waals surface area contributed by atoms with Crippen molar-refractivity contribution in [3.8, 4) is 5.75 Å². The zero-order chi connectivity index (χ0) is 20.9. The summed E-state index contributed by atoms with van der Waals surface area (Å²) in [7, 11) is -1.89. The van der Waals surface area contributed by atoms with Gasteiger partial charge in [-0.1, -0.05) is 28.4 Å². The van der Waals surface area contributed by atoms with Gasteiger partial charge in [0, 0.05) is 30.2 Å². The van der Waals surface area contributed by atoms with Crippen LogP contribution in [0.15, 0.2) is 57.9 Å². The number of rotatable bonds is 7. The van der Waals surface area contributed by atoms with Crippen LogP contribution in [-0.4, -0.2) is 56.8 Å². The van der Waals surface area contributed by atoms with Gasteiger partial charge in [-0.2, -0.15) is 4.31 Å². The maximum absolute atomic E-state index is 12.9. The molecule has 0 bridgehead atoms. The molecule has 1 aliphatic heterocycles. The molecule has 156 valence electrons. The molecule has 1 heterocycles. The average Bonchev–Trinajstić information content (AvgIpc) is 2.75. The highest BCUT2D eigenvalue weighted by Crippen LogP contribution is 2.22. The molecule has 29 heavy (non-hydrogen) atoms. The fourth-order valence-corrected chi connectivity index (χ4v) is 5.02. The van der Waals surface area contributed by atoms with E-state index in [-0.39, 0.29) is 10.8 Å². The molecule has 1 amide bonds. The summed E-state index contributed by atoms with van der Waals surface area (Å²) >= 11 is 3.37. The summed E-state index contributed by atoms with van der Waals surface area (Å²) in [5.74, 6) is 0.490. The second-order valence-corrected chi connectivity index (χ2v) is 9.88. The Balaban J connectivity index is 1.62. The number of piperidine rings is 1. The van der Waals surface area contributed by atoms with Gasteiger partial charge in [0.25, 0.3) is 5.91 Å². The first kappa shape index (κ1) is 21.8. The lowest BCUT2D eigenvalue weighted by Crippen LogP contribution is -2.36. The van der Waals surface area contributed by atoms with Gasteiger partial charge >= 0.3 is 0 Å². The van der Waals surface area contributed by atoms with Gasteiger partial charge in [0.1, 0.15) is 12.4 Å². The van der Waals surface area contributed by atoms with Gasteiger partial charge in [-0.05, 0) is 55.3 Å². The number of carbonyl (C=O) groups excluding carboxylic acids is 1. The molecule has 0 radical (unpaired) electrons. The zero-order valence-corrected chi connectivity index (χ0v) is 18.8. The van der Waals surface area contributed by atoms with Crippen LogP contribution in [0.5, 0.6) is 5.75 Å². The Labute approximate surface area is 180 Å². The van der Waals surface area contributed by atoms with Crippen molar-refractivity contribution in [2.75, 3.05) is 33.3 Å². The number of amides is 1. The number of hydrogen-bond donors (Lipinski definition) is 0.